The van der Waals surface area contributed by atoms with Crippen LogP contribution in [0.15, 0.2) is 59.7 Å². The van der Waals surface area contributed by atoms with Crippen molar-refractivity contribution in [3.63, 3.8) is 0 Å². The number of hydrogen-bond acceptors (Lipinski definition) is 4. The van der Waals surface area contributed by atoms with Crippen LogP contribution in [0.5, 0.6) is 0 Å². The van der Waals surface area contributed by atoms with Crippen molar-refractivity contribution in [2.24, 2.45) is 5.10 Å². The molecule has 122 valence electrons. The van der Waals surface area contributed by atoms with Gasteiger partial charge in [0.25, 0.3) is 5.91 Å². The van der Waals surface area contributed by atoms with E-state index in [-0.39, 0.29) is 12.5 Å². The Morgan fingerprint density at radius 3 is 2.29 bits per heavy atom. The maximum atomic E-state index is 12.0. The minimum Gasteiger partial charge on any atom is -0.271 e. The molecule has 3 aromatic rings. The normalized spacial score (nSPS) is 11.6. The van der Waals surface area contributed by atoms with E-state index in [1.54, 1.807) is 0 Å². The monoisotopic (exact) mass is 321 g/mol. The Morgan fingerprint density at radius 1 is 1.04 bits per heavy atom. The Labute approximate surface area is 140 Å². The van der Waals surface area contributed by atoms with Crippen molar-refractivity contribution in [1.29, 1.82) is 0 Å². The second-order valence-electron chi connectivity index (χ2n) is 5.45. The highest BCUT2D eigenvalue weighted by molar-refractivity contribution is 5.87. The predicted octanol–water partition coefficient (Wildman–Crippen LogP) is 2.56. The lowest BCUT2D eigenvalue weighted by Gasteiger charge is -2.05. The van der Waals surface area contributed by atoms with E-state index in [1.165, 1.54) is 10.4 Å². The Hall–Kier alpha value is -3.02. The number of rotatable bonds is 6. The first-order chi connectivity index (χ1) is 11.7. The van der Waals surface area contributed by atoms with Gasteiger partial charge in [-0.3, -0.25) is 4.79 Å². The lowest BCUT2D eigenvalue weighted by atomic mass is 10.1. The molecule has 0 bridgehead atoms. The molecule has 0 radical (unpaired) electrons. The smallest absolute Gasteiger partial charge is 0.263 e. The fraction of sp³-hybridized carbons (Fsp3) is 0.222. The summed E-state index contributed by atoms with van der Waals surface area (Å²) in [5.41, 5.74) is 6.23. The summed E-state index contributed by atoms with van der Waals surface area (Å²) in [6.45, 7) is 2.07. The summed E-state index contributed by atoms with van der Waals surface area (Å²) in [6.07, 6.45) is 1.50. The van der Waals surface area contributed by atoms with E-state index < -0.39 is 0 Å². The van der Waals surface area contributed by atoms with Crippen molar-refractivity contribution in [3.05, 3.63) is 60.2 Å². The Bertz CT molecular complexity index is 821. The fourth-order valence-corrected chi connectivity index (χ4v) is 2.36. The predicted molar refractivity (Wildman–Crippen MR) is 93.5 cm³/mol. The van der Waals surface area contributed by atoms with Crippen LogP contribution < -0.4 is 5.43 Å². The summed E-state index contributed by atoms with van der Waals surface area (Å²) >= 11 is 0. The molecular formula is C18H19N5O. The van der Waals surface area contributed by atoms with Gasteiger partial charge in [0.05, 0.1) is 0 Å². The van der Waals surface area contributed by atoms with E-state index in [0.29, 0.717) is 0 Å². The van der Waals surface area contributed by atoms with Gasteiger partial charge in [0.1, 0.15) is 17.6 Å². The maximum Gasteiger partial charge on any atom is 0.263 e. The minimum absolute atomic E-state index is 0.0422. The van der Waals surface area contributed by atoms with Gasteiger partial charge < -0.3 is 0 Å². The van der Waals surface area contributed by atoms with Crippen LogP contribution >= 0.6 is 0 Å². The summed E-state index contributed by atoms with van der Waals surface area (Å²) in [6, 6.07) is 17.6. The number of amides is 1. The van der Waals surface area contributed by atoms with Crippen molar-refractivity contribution in [2.45, 2.75) is 26.3 Å². The van der Waals surface area contributed by atoms with Crippen molar-refractivity contribution in [3.8, 4) is 0 Å². The third-order valence-corrected chi connectivity index (χ3v) is 3.61. The molecule has 0 aliphatic heterocycles. The molecule has 1 N–H and O–H groups in total. The zero-order valence-electron chi connectivity index (χ0n) is 13.5. The van der Waals surface area contributed by atoms with Crippen molar-refractivity contribution in [2.75, 3.05) is 0 Å². The summed E-state index contributed by atoms with van der Waals surface area (Å²) in [7, 11) is 0. The Balaban J connectivity index is 1.60. The molecule has 0 spiro atoms. The molecule has 0 atom stereocenters. The lowest BCUT2D eigenvalue weighted by molar-refractivity contribution is -0.122. The van der Waals surface area contributed by atoms with Gasteiger partial charge in [-0.2, -0.15) is 20.1 Å². The molecule has 6 heteroatoms. The zero-order valence-corrected chi connectivity index (χ0v) is 13.5. The quantitative estimate of drug-likeness (QED) is 0.560. The summed E-state index contributed by atoms with van der Waals surface area (Å²) in [5.74, 6) is -0.241. The van der Waals surface area contributed by atoms with E-state index >= 15 is 0 Å². The number of hydrogen-bond donors (Lipinski definition) is 1. The van der Waals surface area contributed by atoms with Gasteiger partial charge in [0.15, 0.2) is 0 Å². The summed E-state index contributed by atoms with van der Waals surface area (Å²) < 4.78 is 0. The molecule has 1 heterocycles. The highest BCUT2D eigenvalue weighted by atomic mass is 16.2. The molecule has 0 aliphatic rings. The highest BCUT2D eigenvalue weighted by Gasteiger charge is 2.07. The van der Waals surface area contributed by atoms with Crippen LogP contribution in [0, 0.1) is 0 Å². The second-order valence-corrected chi connectivity index (χ2v) is 5.45. The zero-order chi connectivity index (χ0) is 16.8. The minimum atomic E-state index is -0.241. The first kappa shape index (κ1) is 15.9. The molecule has 0 saturated heterocycles. The van der Waals surface area contributed by atoms with Gasteiger partial charge in [-0.1, -0.05) is 49.4 Å². The number of nitrogens with zero attached hydrogens (tertiary/aromatic N) is 4. The number of fused-ring (bicyclic) bond motifs is 1. The standard InChI is InChI=1S/C18H19N5O/c1-2-15(12-14-8-4-3-5-9-14)19-20-18(24)13-23-21-16-10-6-7-11-17(16)22-23/h3-11H,2,12-13H2,1H3,(H,20,24). The average molecular weight is 321 g/mol. The SMILES string of the molecule is CCC(Cc1ccccc1)=NNC(=O)Cn1nc2ccccc2n1. The van der Waals surface area contributed by atoms with Gasteiger partial charge in [0, 0.05) is 12.1 Å². The van der Waals surface area contributed by atoms with Crippen LogP contribution in [0.3, 0.4) is 0 Å². The van der Waals surface area contributed by atoms with Crippen LogP contribution in [0.2, 0.25) is 0 Å². The molecule has 24 heavy (non-hydrogen) atoms. The summed E-state index contributed by atoms with van der Waals surface area (Å²) in [5, 5.41) is 12.8. The number of benzene rings is 2. The lowest BCUT2D eigenvalue weighted by Crippen LogP contribution is -2.25. The molecule has 1 amide bonds. The van der Waals surface area contributed by atoms with Crippen LogP contribution in [0.25, 0.3) is 11.0 Å². The Kier molecular flexibility index (Phi) is 4.96. The molecule has 2 aromatic carbocycles. The van der Waals surface area contributed by atoms with Crippen LogP contribution in [0.1, 0.15) is 18.9 Å². The van der Waals surface area contributed by atoms with Gasteiger partial charge in [-0.05, 0) is 24.1 Å². The molecular weight excluding hydrogens is 302 g/mol. The molecule has 0 unspecified atom stereocenters. The van der Waals surface area contributed by atoms with Crippen molar-refractivity contribution in [1.82, 2.24) is 20.4 Å². The molecule has 0 aliphatic carbocycles. The van der Waals surface area contributed by atoms with E-state index in [9.17, 15) is 4.79 Å². The number of carbonyl (C=O) groups is 1. The van der Waals surface area contributed by atoms with Crippen molar-refractivity contribution < 1.29 is 4.79 Å². The number of carbonyl (C=O) groups excluding carboxylic acids is 1. The van der Waals surface area contributed by atoms with Gasteiger partial charge >= 0.3 is 0 Å². The maximum absolute atomic E-state index is 12.0. The molecule has 1 aromatic heterocycles. The third kappa shape index (κ3) is 4.04. The largest absolute Gasteiger partial charge is 0.271 e. The molecule has 0 saturated carbocycles. The second kappa shape index (κ2) is 7.50. The first-order valence-corrected chi connectivity index (χ1v) is 7.92. The molecule has 6 nitrogen and oxygen atoms in total. The van der Waals surface area contributed by atoms with E-state index in [4.69, 9.17) is 0 Å². The number of aromatic nitrogens is 3. The van der Waals surface area contributed by atoms with Gasteiger partial charge in [-0.25, -0.2) is 5.43 Å². The van der Waals surface area contributed by atoms with Crippen molar-refractivity contribution >= 4 is 22.7 Å². The average Bonchev–Trinajstić information content (AvgIpc) is 3.01. The molecule has 3 rings (SSSR count). The van der Waals surface area contributed by atoms with Gasteiger partial charge in [0.2, 0.25) is 0 Å². The third-order valence-electron chi connectivity index (χ3n) is 3.61. The van der Waals surface area contributed by atoms with Crippen LogP contribution in [-0.4, -0.2) is 26.6 Å². The number of hydrazone groups is 1. The van der Waals surface area contributed by atoms with E-state index in [2.05, 4.69) is 20.7 Å². The fourth-order valence-electron chi connectivity index (χ4n) is 2.36. The molecule has 0 fully saturated rings. The Morgan fingerprint density at radius 2 is 1.67 bits per heavy atom. The first-order valence-electron chi connectivity index (χ1n) is 7.92. The van der Waals surface area contributed by atoms with Crippen LogP contribution in [0.4, 0.5) is 0 Å². The van der Waals surface area contributed by atoms with E-state index in [1.807, 2.05) is 61.5 Å². The summed E-state index contributed by atoms with van der Waals surface area (Å²) in [4.78, 5) is 13.4. The highest BCUT2D eigenvalue weighted by Crippen LogP contribution is 2.06. The van der Waals surface area contributed by atoms with Crippen LogP contribution in [-0.2, 0) is 17.8 Å². The van der Waals surface area contributed by atoms with Gasteiger partial charge in [-0.15, -0.1) is 0 Å². The van der Waals surface area contributed by atoms with E-state index in [0.717, 1.165) is 29.6 Å². The topological polar surface area (TPSA) is 72.2 Å². The number of nitrogens with one attached hydrogen (secondary N) is 1.